The van der Waals surface area contributed by atoms with Gasteiger partial charge in [-0.1, -0.05) is 12.1 Å². The van der Waals surface area contributed by atoms with Crippen molar-refractivity contribution in [2.75, 3.05) is 25.5 Å². The molecule has 5 rings (SSSR count). The Morgan fingerprint density at radius 3 is 2.97 bits per heavy atom. The molecule has 0 bridgehead atoms. The summed E-state index contributed by atoms with van der Waals surface area (Å²) in [5, 5.41) is 0.828. The van der Waals surface area contributed by atoms with Gasteiger partial charge in [-0.2, -0.15) is 0 Å². The number of nitrogens with zero attached hydrogens (tertiary/aromatic N) is 3. The average molecular weight is 422 g/mol. The minimum absolute atomic E-state index is 0.135. The molecule has 1 amide bonds. The SMILES string of the molecule is Cc1cc([C@@H]2COCCN2C(=O)c2cc3c4c(c(N)nc3cn2)[C@@H](C)OC4)ccc1F. The van der Waals surface area contributed by atoms with Crippen LogP contribution in [0.25, 0.3) is 10.9 Å². The van der Waals surface area contributed by atoms with Crippen molar-refractivity contribution in [1.82, 2.24) is 14.9 Å². The van der Waals surface area contributed by atoms with Crippen LogP contribution in [0.3, 0.4) is 0 Å². The van der Waals surface area contributed by atoms with Crippen LogP contribution in [0.1, 0.15) is 51.8 Å². The van der Waals surface area contributed by atoms with Gasteiger partial charge >= 0.3 is 0 Å². The number of carbonyl (C=O) groups is 1. The molecule has 2 atom stereocenters. The van der Waals surface area contributed by atoms with Crippen LogP contribution in [0.2, 0.25) is 0 Å². The van der Waals surface area contributed by atoms with Crippen molar-refractivity contribution in [3.63, 3.8) is 0 Å². The number of aryl methyl sites for hydroxylation is 1. The predicted octanol–water partition coefficient (Wildman–Crippen LogP) is 3.46. The average Bonchev–Trinajstić information content (AvgIpc) is 3.17. The highest BCUT2D eigenvalue weighted by Crippen LogP contribution is 2.38. The maximum Gasteiger partial charge on any atom is 0.273 e. The van der Waals surface area contributed by atoms with E-state index in [4.69, 9.17) is 15.2 Å². The predicted molar refractivity (Wildman–Crippen MR) is 113 cm³/mol. The second-order valence-corrected chi connectivity index (χ2v) is 8.03. The Morgan fingerprint density at radius 2 is 2.16 bits per heavy atom. The van der Waals surface area contributed by atoms with Crippen LogP contribution < -0.4 is 5.73 Å². The minimum Gasteiger partial charge on any atom is -0.383 e. The Morgan fingerprint density at radius 1 is 1.32 bits per heavy atom. The van der Waals surface area contributed by atoms with Crippen molar-refractivity contribution >= 4 is 22.6 Å². The van der Waals surface area contributed by atoms with Gasteiger partial charge < -0.3 is 20.1 Å². The molecule has 8 heteroatoms. The van der Waals surface area contributed by atoms with Gasteiger partial charge in [-0.25, -0.2) is 14.4 Å². The maximum atomic E-state index is 13.8. The number of hydrogen-bond donors (Lipinski definition) is 1. The van der Waals surface area contributed by atoms with Crippen LogP contribution in [0.5, 0.6) is 0 Å². The third-order valence-corrected chi connectivity index (χ3v) is 6.11. The van der Waals surface area contributed by atoms with Crippen molar-refractivity contribution < 1.29 is 18.7 Å². The lowest BCUT2D eigenvalue weighted by molar-refractivity contribution is -0.00302. The number of morpholine rings is 1. The Bertz CT molecular complexity index is 1200. The molecule has 0 spiro atoms. The number of aromatic nitrogens is 2. The van der Waals surface area contributed by atoms with Gasteiger partial charge in [-0.05, 0) is 42.7 Å². The molecule has 160 valence electrons. The quantitative estimate of drug-likeness (QED) is 0.680. The molecule has 1 saturated heterocycles. The van der Waals surface area contributed by atoms with E-state index in [0.29, 0.717) is 49.0 Å². The Hall–Kier alpha value is -3.10. The summed E-state index contributed by atoms with van der Waals surface area (Å²) in [6.07, 6.45) is 1.45. The molecule has 2 aliphatic heterocycles. The summed E-state index contributed by atoms with van der Waals surface area (Å²) in [5.41, 5.74) is 10.3. The highest BCUT2D eigenvalue weighted by molar-refractivity contribution is 5.97. The fourth-order valence-corrected chi connectivity index (χ4v) is 4.43. The standard InChI is InChI=1S/C23H23FN4O3/c1-12-7-14(3-4-17(12)24)20-11-30-6-5-28(20)23(29)18-8-15-16-10-31-13(2)21(16)22(25)27-19(15)9-26-18/h3-4,7-9,13,20H,5-6,10-11H2,1-2H3,(H2,25,27)/t13-,20+/m1/s1. The summed E-state index contributed by atoms with van der Waals surface area (Å²) >= 11 is 0. The van der Waals surface area contributed by atoms with Crippen molar-refractivity contribution in [2.45, 2.75) is 32.6 Å². The zero-order valence-corrected chi connectivity index (χ0v) is 17.4. The van der Waals surface area contributed by atoms with Gasteiger partial charge in [0.25, 0.3) is 5.91 Å². The number of nitrogens with two attached hydrogens (primary N) is 1. The van der Waals surface area contributed by atoms with E-state index in [2.05, 4.69) is 9.97 Å². The van der Waals surface area contributed by atoms with Crippen LogP contribution in [0.4, 0.5) is 10.2 Å². The topological polar surface area (TPSA) is 90.6 Å². The molecule has 1 fully saturated rings. The number of fused-ring (bicyclic) bond motifs is 3. The molecule has 2 aliphatic rings. The lowest BCUT2D eigenvalue weighted by atomic mass is 10.0. The van der Waals surface area contributed by atoms with Crippen molar-refractivity contribution in [3.8, 4) is 0 Å². The highest BCUT2D eigenvalue weighted by Gasteiger charge is 2.31. The van der Waals surface area contributed by atoms with E-state index >= 15 is 0 Å². The van der Waals surface area contributed by atoms with Gasteiger partial charge in [0.15, 0.2) is 0 Å². The molecule has 1 aromatic carbocycles. The molecule has 2 aromatic heterocycles. The van der Waals surface area contributed by atoms with Crippen molar-refractivity contribution in [1.29, 1.82) is 0 Å². The van der Waals surface area contributed by atoms with Crippen LogP contribution in [-0.2, 0) is 16.1 Å². The summed E-state index contributed by atoms with van der Waals surface area (Å²) in [6.45, 7) is 5.29. The molecule has 31 heavy (non-hydrogen) atoms. The Balaban J connectivity index is 1.53. The third kappa shape index (κ3) is 3.32. The lowest BCUT2D eigenvalue weighted by Crippen LogP contribution is -2.43. The fourth-order valence-electron chi connectivity index (χ4n) is 4.43. The number of anilines is 1. The number of ether oxygens (including phenoxy) is 2. The molecule has 4 heterocycles. The summed E-state index contributed by atoms with van der Waals surface area (Å²) in [4.78, 5) is 24.0. The largest absolute Gasteiger partial charge is 0.383 e. The zero-order valence-electron chi connectivity index (χ0n) is 17.4. The second kappa shape index (κ2) is 7.55. The number of nitrogen functional groups attached to an aromatic ring is 1. The maximum absolute atomic E-state index is 13.8. The summed E-state index contributed by atoms with van der Waals surface area (Å²) in [6, 6.07) is 6.36. The number of amides is 1. The van der Waals surface area contributed by atoms with Gasteiger partial charge in [-0.3, -0.25) is 4.79 Å². The van der Waals surface area contributed by atoms with Gasteiger partial charge in [-0.15, -0.1) is 0 Å². The Labute approximate surface area is 179 Å². The number of hydrogen-bond acceptors (Lipinski definition) is 6. The van der Waals surface area contributed by atoms with E-state index in [0.717, 1.165) is 22.1 Å². The molecule has 3 aromatic rings. The van der Waals surface area contributed by atoms with E-state index in [9.17, 15) is 9.18 Å². The third-order valence-electron chi connectivity index (χ3n) is 6.11. The van der Waals surface area contributed by atoms with Gasteiger partial charge in [0.2, 0.25) is 0 Å². The van der Waals surface area contributed by atoms with Crippen molar-refractivity contribution in [2.24, 2.45) is 0 Å². The highest BCUT2D eigenvalue weighted by atomic mass is 19.1. The lowest BCUT2D eigenvalue weighted by Gasteiger charge is -2.36. The molecule has 2 N–H and O–H groups in total. The minimum atomic E-state index is -0.309. The van der Waals surface area contributed by atoms with E-state index in [1.54, 1.807) is 36.2 Å². The molecule has 0 saturated carbocycles. The van der Waals surface area contributed by atoms with E-state index in [1.165, 1.54) is 6.07 Å². The van der Waals surface area contributed by atoms with E-state index < -0.39 is 0 Å². The molecular weight excluding hydrogens is 399 g/mol. The number of benzene rings is 1. The smallest absolute Gasteiger partial charge is 0.273 e. The molecule has 0 radical (unpaired) electrons. The number of pyridine rings is 2. The second-order valence-electron chi connectivity index (χ2n) is 8.03. The van der Waals surface area contributed by atoms with Gasteiger partial charge in [0.05, 0.1) is 43.7 Å². The summed E-state index contributed by atoms with van der Waals surface area (Å²) < 4.78 is 25.1. The molecule has 0 aliphatic carbocycles. The number of rotatable bonds is 2. The first kappa shape index (κ1) is 19.8. The first-order valence-electron chi connectivity index (χ1n) is 10.3. The fraction of sp³-hybridized carbons (Fsp3) is 0.348. The first-order valence-corrected chi connectivity index (χ1v) is 10.3. The summed E-state index contributed by atoms with van der Waals surface area (Å²) in [7, 11) is 0. The van der Waals surface area contributed by atoms with Crippen LogP contribution in [0, 0.1) is 12.7 Å². The van der Waals surface area contributed by atoms with Gasteiger partial charge in [0.1, 0.15) is 17.3 Å². The van der Waals surface area contributed by atoms with Crippen LogP contribution >= 0.6 is 0 Å². The first-order chi connectivity index (χ1) is 14.9. The van der Waals surface area contributed by atoms with E-state index in [1.807, 2.05) is 6.92 Å². The Kier molecular flexibility index (Phi) is 4.83. The number of halogens is 1. The van der Waals surface area contributed by atoms with Crippen molar-refractivity contribution in [3.05, 3.63) is 64.2 Å². The molecule has 7 nitrogen and oxygen atoms in total. The van der Waals surface area contributed by atoms with Crippen LogP contribution in [0.15, 0.2) is 30.5 Å². The zero-order chi connectivity index (χ0) is 21.7. The van der Waals surface area contributed by atoms with E-state index in [-0.39, 0.29) is 23.9 Å². The number of carbonyl (C=O) groups excluding carboxylic acids is 1. The molecule has 0 unspecified atom stereocenters. The monoisotopic (exact) mass is 422 g/mol. The van der Waals surface area contributed by atoms with Crippen LogP contribution in [-0.4, -0.2) is 40.5 Å². The summed E-state index contributed by atoms with van der Waals surface area (Å²) in [5.74, 6) is -0.0327. The normalized spacial score (nSPS) is 20.8. The van der Waals surface area contributed by atoms with Gasteiger partial charge in [0, 0.05) is 17.5 Å². The molecular formula is C23H23FN4O3.